The molecule has 0 aliphatic heterocycles. The van der Waals surface area contributed by atoms with E-state index in [1.54, 1.807) is 24.3 Å². The van der Waals surface area contributed by atoms with E-state index in [1.165, 1.54) is 0 Å². The van der Waals surface area contributed by atoms with Crippen molar-refractivity contribution in [1.82, 2.24) is 0 Å². The van der Waals surface area contributed by atoms with E-state index in [4.69, 9.17) is 15.2 Å². The molecule has 0 unspecified atom stereocenters. The highest BCUT2D eigenvalue weighted by Crippen LogP contribution is 2.25. The third kappa shape index (κ3) is 1.87. The van der Waals surface area contributed by atoms with Gasteiger partial charge in [-0.25, -0.2) is 0 Å². The Balaban J connectivity index is 2.92. The molecule has 1 rings (SSSR count). The molecule has 0 saturated heterocycles. The Morgan fingerprint density at radius 3 is 2.58 bits per heavy atom. The normalized spacial score (nSPS) is 9.58. The molecule has 4 heteroatoms. The summed E-state index contributed by atoms with van der Waals surface area (Å²) in [7, 11) is 0. The summed E-state index contributed by atoms with van der Waals surface area (Å²) in [5.41, 5.74) is 0.236. The molecular formula is C8H11NO3. The Hall–Kier alpha value is -1.26. The molecule has 1 aromatic carbocycles. The summed E-state index contributed by atoms with van der Waals surface area (Å²) >= 11 is 0. The summed E-state index contributed by atoms with van der Waals surface area (Å²) in [6.07, 6.45) is 0. The zero-order valence-corrected chi connectivity index (χ0v) is 6.77. The summed E-state index contributed by atoms with van der Waals surface area (Å²) in [5.74, 6) is 0.449. The van der Waals surface area contributed by atoms with Gasteiger partial charge in [-0.1, -0.05) is 12.1 Å². The molecule has 0 amide bonds. The molecule has 0 bridgehead atoms. The predicted octanol–water partition coefficient (Wildman–Crippen LogP) is 1.67. The summed E-state index contributed by atoms with van der Waals surface area (Å²) in [6, 6.07) is 6.67. The molecule has 0 radical (unpaired) electrons. The van der Waals surface area contributed by atoms with Crippen LogP contribution in [0.4, 0.5) is 5.69 Å². The SMILES string of the molecule is CCOc1ccccc1N(O)O. The third-order valence-corrected chi connectivity index (χ3v) is 1.38. The predicted molar refractivity (Wildman–Crippen MR) is 43.7 cm³/mol. The minimum atomic E-state index is 0.0466. The van der Waals surface area contributed by atoms with Crippen LogP contribution in [-0.4, -0.2) is 17.0 Å². The van der Waals surface area contributed by atoms with Crippen LogP contribution in [0.15, 0.2) is 24.3 Å². The van der Waals surface area contributed by atoms with E-state index in [9.17, 15) is 0 Å². The van der Waals surface area contributed by atoms with Crippen LogP contribution in [0.1, 0.15) is 6.92 Å². The van der Waals surface area contributed by atoms with Crippen molar-refractivity contribution in [3.63, 3.8) is 0 Å². The van der Waals surface area contributed by atoms with Gasteiger partial charge < -0.3 is 4.74 Å². The fourth-order valence-electron chi connectivity index (χ4n) is 0.900. The molecular weight excluding hydrogens is 158 g/mol. The van der Waals surface area contributed by atoms with Gasteiger partial charge in [0.05, 0.1) is 6.61 Å². The fourth-order valence-corrected chi connectivity index (χ4v) is 0.900. The lowest BCUT2D eigenvalue weighted by Crippen LogP contribution is -2.12. The quantitative estimate of drug-likeness (QED) is 0.676. The lowest BCUT2D eigenvalue weighted by atomic mass is 10.3. The zero-order valence-electron chi connectivity index (χ0n) is 6.77. The van der Waals surface area contributed by atoms with E-state index in [-0.39, 0.29) is 10.9 Å². The van der Waals surface area contributed by atoms with Gasteiger partial charge in [0.2, 0.25) is 0 Å². The smallest absolute Gasteiger partial charge is 0.147 e. The van der Waals surface area contributed by atoms with E-state index in [1.807, 2.05) is 6.92 Å². The van der Waals surface area contributed by atoms with E-state index in [0.717, 1.165) is 0 Å². The lowest BCUT2D eigenvalue weighted by Gasteiger charge is -2.12. The van der Waals surface area contributed by atoms with Gasteiger partial charge in [-0.2, -0.15) is 0 Å². The van der Waals surface area contributed by atoms with E-state index in [0.29, 0.717) is 12.4 Å². The molecule has 12 heavy (non-hydrogen) atoms. The highest BCUT2D eigenvalue weighted by molar-refractivity contribution is 5.54. The van der Waals surface area contributed by atoms with Crippen LogP contribution in [0.25, 0.3) is 0 Å². The maximum Gasteiger partial charge on any atom is 0.147 e. The van der Waals surface area contributed by atoms with Crippen molar-refractivity contribution in [3.05, 3.63) is 24.3 Å². The molecule has 0 heterocycles. The summed E-state index contributed by atoms with van der Waals surface area (Å²) in [5, 5.41) is 17.5. The van der Waals surface area contributed by atoms with Crippen LogP contribution < -0.4 is 9.96 Å². The second-order valence-corrected chi connectivity index (χ2v) is 2.19. The third-order valence-electron chi connectivity index (χ3n) is 1.38. The first-order chi connectivity index (χ1) is 5.75. The van der Waals surface area contributed by atoms with Crippen molar-refractivity contribution in [2.45, 2.75) is 6.92 Å². The van der Waals surface area contributed by atoms with E-state index >= 15 is 0 Å². The number of benzene rings is 1. The van der Waals surface area contributed by atoms with E-state index < -0.39 is 0 Å². The first kappa shape index (κ1) is 8.83. The van der Waals surface area contributed by atoms with Crippen molar-refractivity contribution >= 4 is 5.69 Å². The number of ether oxygens (including phenoxy) is 1. The number of para-hydroxylation sites is 2. The Bertz CT molecular complexity index is 250. The Kier molecular flexibility index (Phi) is 2.90. The standard InChI is InChI=1S/C8H11NO3/c1-2-12-8-6-4-3-5-7(8)9(10)11/h3-6,10-11H,2H2,1H3. The number of hydrogen-bond acceptors (Lipinski definition) is 4. The van der Waals surface area contributed by atoms with E-state index in [2.05, 4.69) is 0 Å². The first-order valence-corrected chi connectivity index (χ1v) is 3.65. The summed E-state index contributed by atoms with van der Waals surface area (Å²) in [4.78, 5) is 0. The zero-order chi connectivity index (χ0) is 8.97. The molecule has 0 atom stereocenters. The average Bonchev–Trinajstić information content (AvgIpc) is 2.05. The number of nitrogens with zero attached hydrogens (tertiary/aromatic N) is 1. The molecule has 0 fully saturated rings. The average molecular weight is 169 g/mol. The highest BCUT2D eigenvalue weighted by atomic mass is 16.8. The minimum Gasteiger partial charge on any atom is -0.492 e. The first-order valence-electron chi connectivity index (χ1n) is 3.65. The second kappa shape index (κ2) is 3.94. The number of hydrogen-bond donors (Lipinski definition) is 2. The molecule has 66 valence electrons. The van der Waals surface area contributed by atoms with Crippen molar-refractivity contribution in [2.24, 2.45) is 0 Å². The van der Waals surface area contributed by atoms with Crippen molar-refractivity contribution in [3.8, 4) is 5.75 Å². The highest BCUT2D eigenvalue weighted by Gasteiger charge is 2.05. The van der Waals surface area contributed by atoms with Crippen molar-refractivity contribution in [2.75, 3.05) is 11.8 Å². The molecule has 1 aromatic rings. The minimum absolute atomic E-state index is 0.0466. The van der Waals surface area contributed by atoms with Gasteiger partial charge in [0.15, 0.2) is 0 Å². The van der Waals surface area contributed by atoms with Gasteiger partial charge >= 0.3 is 0 Å². The van der Waals surface area contributed by atoms with Gasteiger partial charge in [0, 0.05) is 0 Å². The maximum atomic E-state index is 8.74. The van der Waals surface area contributed by atoms with Crippen LogP contribution >= 0.6 is 0 Å². The van der Waals surface area contributed by atoms with Gasteiger partial charge in [0.1, 0.15) is 11.4 Å². The monoisotopic (exact) mass is 169 g/mol. The Labute approximate surface area is 70.5 Å². The number of anilines is 1. The molecule has 0 saturated carbocycles. The number of rotatable bonds is 3. The summed E-state index contributed by atoms with van der Waals surface area (Å²) < 4.78 is 5.14. The second-order valence-electron chi connectivity index (χ2n) is 2.19. The lowest BCUT2D eigenvalue weighted by molar-refractivity contribution is 0.0276. The fraction of sp³-hybridized carbons (Fsp3) is 0.250. The molecule has 0 aromatic heterocycles. The van der Waals surface area contributed by atoms with Gasteiger partial charge in [-0.15, -0.1) is 5.23 Å². The molecule has 0 spiro atoms. The van der Waals surface area contributed by atoms with Crippen LogP contribution in [0, 0.1) is 0 Å². The molecule has 0 aliphatic carbocycles. The van der Waals surface area contributed by atoms with Crippen LogP contribution in [0.3, 0.4) is 0 Å². The Morgan fingerprint density at radius 2 is 2.00 bits per heavy atom. The molecule has 2 N–H and O–H groups in total. The van der Waals surface area contributed by atoms with Gasteiger partial charge in [0.25, 0.3) is 0 Å². The largest absolute Gasteiger partial charge is 0.492 e. The van der Waals surface area contributed by atoms with Gasteiger partial charge in [-0.3, -0.25) is 10.4 Å². The summed E-state index contributed by atoms with van der Waals surface area (Å²) in [6.45, 7) is 2.32. The molecule has 4 nitrogen and oxygen atoms in total. The molecule has 0 aliphatic rings. The topological polar surface area (TPSA) is 52.9 Å². The maximum absolute atomic E-state index is 8.74. The van der Waals surface area contributed by atoms with Crippen LogP contribution in [0.2, 0.25) is 0 Å². The van der Waals surface area contributed by atoms with Crippen molar-refractivity contribution < 1.29 is 15.2 Å². The Morgan fingerprint density at radius 1 is 1.33 bits per heavy atom. The van der Waals surface area contributed by atoms with Crippen molar-refractivity contribution in [1.29, 1.82) is 0 Å². The van der Waals surface area contributed by atoms with Crippen LogP contribution in [-0.2, 0) is 0 Å². The van der Waals surface area contributed by atoms with Gasteiger partial charge in [-0.05, 0) is 19.1 Å². The van der Waals surface area contributed by atoms with Crippen LogP contribution in [0.5, 0.6) is 5.75 Å².